The molecule has 0 spiro atoms. The lowest BCUT2D eigenvalue weighted by molar-refractivity contribution is -0.137. The molecule has 1 aliphatic rings. The summed E-state index contributed by atoms with van der Waals surface area (Å²) in [5.41, 5.74) is 2.19. The normalized spacial score (nSPS) is 15.7. The summed E-state index contributed by atoms with van der Waals surface area (Å²) in [6.45, 7) is 5.69. The number of carbonyl (C=O) groups is 1. The summed E-state index contributed by atoms with van der Waals surface area (Å²) in [6, 6.07) is 8.86. The molecule has 1 unspecified atom stereocenters. The van der Waals surface area contributed by atoms with Gasteiger partial charge in [-0.05, 0) is 59.4 Å². The second-order valence-corrected chi connectivity index (χ2v) is 8.99. The van der Waals surface area contributed by atoms with Crippen molar-refractivity contribution in [3.63, 3.8) is 0 Å². The smallest absolute Gasteiger partial charge is 0.416 e. The Morgan fingerprint density at radius 3 is 2.42 bits per heavy atom. The van der Waals surface area contributed by atoms with Crippen LogP contribution < -0.4 is 4.74 Å². The highest BCUT2D eigenvalue weighted by atomic mass is 19.4. The third kappa shape index (κ3) is 6.20. The first-order valence-corrected chi connectivity index (χ1v) is 11.5. The van der Waals surface area contributed by atoms with Crippen LogP contribution in [0, 0.1) is 0 Å². The molecule has 0 saturated heterocycles. The fourth-order valence-electron chi connectivity index (χ4n) is 3.97. The summed E-state index contributed by atoms with van der Waals surface area (Å²) in [5.74, 6) is 0.695. The summed E-state index contributed by atoms with van der Waals surface area (Å²) in [6.07, 6.45) is -0.282. The van der Waals surface area contributed by atoms with E-state index in [-0.39, 0.29) is 30.6 Å². The minimum atomic E-state index is -4.56. The van der Waals surface area contributed by atoms with Gasteiger partial charge in [-0.15, -0.1) is 0 Å². The molecular formula is C27H31F3N2O4. The Hall–Kier alpha value is -3.46. The first-order valence-electron chi connectivity index (χ1n) is 11.5. The van der Waals surface area contributed by atoms with Crippen LogP contribution in [0.1, 0.15) is 43.4 Å². The van der Waals surface area contributed by atoms with Crippen molar-refractivity contribution in [3.05, 3.63) is 77.0 Å². The minimum Gasteiger partial charge on any atom is -0.496 e. The second-order valence-electron chi connectivity index (χ2n) is 8.99. The van der Waals surface area contributed by atoms with Crippen LogP contribution in [0.2, 0.25) is 0 Å². The highest BCUT2D eigenvalue weighted by Crippen LogP contribution is 2.38. The van der Waals surface area contributed by atoms with E-state index in [0.717, 1.165) is 22.8 Å². The summed E-state index contributed by atoms with van der Waals surface area (Å²) >= 11 is 0. The average Bonchev–Trinajstić information content (AvgIpc) is 2.84. The Morgan fingerprint density at radius 2 is 1.83 bits per heavy atom. The van der Waals surface area contributed by atoms with Crippen LogP contribution in [0.25, 0.3) is 11.1 Å². The van der Waals surface area contributed by atoms with Crippen LogP contribution in [-0.4, -0.2) is 48.1 Å². The van der Waals surface area contributed by atoms with Gasteiger partial charge in [0, 0.05) is 18.3 Å². The number of halogens is 3. The molecule has 1 aliphatic heterocycles. The van der Waals surface area contributed by atoms with E-state index >= 15 is 0 Å². The van der Waals surface area contributed by atoms with Crippen LogP contribution in [-0.2, 0) is 17.5 Å². The van der Waals surface area contributed by atoms with E-state index in [4.69, 9.17) is 9.47 Å². The molecule has 0 fully saturated rings. The predicted molar refractivity (Wildman–Crippen MR) is 131 cm³/mol. The number of nitrogens with zero attached hydrogens (tertiary/aromatic N) is 2. The lowest BCUT2D eigenvalue weighted by atomic mass is 9.92. The van der Waals surface area contributed by atoms with E-state index in [9.17, 15) is 23.2 Å². The van der Waals surface area contributed by atoms with Crippen LogP contribution in [0.15, 0.2) is 60.3 Å². The molecule has 0 bridgehead atoms. The monoisotopic (exact) mass is 504 g/mol. The molecule has 194 valence electrons. The van der Waals surface area contributed by atoms with Crippen molar-refractivity contribution in [1.82, 2.24) is 9.96 Å². The van der Waals surface area contributed by atoms with Crippen LogP contribution in [0.4, 0.5) is 18.0 Å². The van der Waals surface area contributed by atoms with Gasteiger partial charge in [0.05, 0.1) is 32.4 Å². The van der Waals surface area contributed by atoms with E-state index in [1.54, 1.807) is 25.1 Å². The van der Waals surface area contributed by atoms with Gasteiger partial charge in [-0.2, -0.15) is 13.2 Å². The second kappa shape index (κ2) is 11.1. The third-order valence-electron chi connectivity index (χ3n) is 6.08. The van der Waals surface area contributed by atoms with E-state index < -0.39 is 17.8 Å². The van der Waals surface area contributed by atoms with E-state index in [1.807, 2.05) is 26.0 Å². The Balaban J connectivity index is 2.11. The summed E-state index contributed by atoms with van der Waals surface area (Å²) in [4.78, 5) is 14.0. The zero-order chi connectivity index (χ0) is 26.6. The van der Waals surface area contributed by atoms with Crippen molar-refractivity contribution in [2.75, 3.05) is 20.8 Å². The first-order chi connectivity index (χ1) is 16.9. The molecule has 1 N–H and O–H groups in total. The number of ether oxygens (including phenoxy) is 2. The van der Waals surface area contributed by atoms with Crippen LogP contribution in [0.5, 0.6) is 5.75 Å². The predicted octanol–water partition coefficient (Wildman–Crippen LogP) is 6.61. The molecule has 1 atom stereocenters. The van der Waals surface area contributed by atoms with Gasteiger partial charge in [0.1, 0.15) is 5.75 Å². The zero-order valence-electron chi connectivity index (χ0n) is 21.0. The summed E-state index contributed by atoms with van der Waals surface area (Å²) in [5, 5.41) is 11.0. The van der Waals surface area contributed by atoms with E-state index in [0.29, 0.717) is 22.4 Å². The fourth-order valence-corrected chi connectivity index (χ4v) is 3.97. The van der Waals surface area contributed by atoms with Crippen molar-refractivity contribution < 1.29 is 32.6 Å². The first kappa shape index (κ1) is 27.1. The number of methoxy groups -OCH3 is 2. The number of amides is 1. The van der Waals surface area contributed by atoms with Crippen molar-refractivity contribution in [3.8, 4) is 16.9 Å². The van der Waals surface area contributed by atoms with Gasteiger partial charge >= 0.3 is 12.3 Å². The van der Waals surface area contributed by atoms with Gasteiger partial charge in [0.2, 0.25) is 0 Å². The van der Waals surface area contributed by atoms with Crippen molar-refractivity contribution in [1.29, 1.82) is 0 Å². The van der Waals surface area contributed by atoms with Gasteiger partial charge in [-0.1, -0.05) is 38.1 Å². The molecule has 0 radical (unpaired) electrons. The molecule has 0 aliphatic carbocycles. The Bertz CT molecular complexity index is 1160. The standard InChI is InChI=1S/C27H31F3N2O4/c1-17(2)20-8-11-25(35-4)24(13-20)23-10-9-22(27(28,29)30)12-21(23)16-31(26(33)36-5)14-19-7-6-18(3)32(34)15-19/h6-13,15,17-18,34H,14,16H2,1-5H3. The maximum absolute atomic E-state index is 13.7. The fraction of sp³-hybridized carbons (Fsp3) is 0.370. The van der Waals surface area contributed by atoms with Gasteiger partial charge in [-0.3, -0.25) is 15.2 Å². The number of hydroxylamine groups is 2. The van der Waals surface area contributed by atoms with Crippen LogP contribution in [0.3, 0.4) is 0 Å². The number of rotatable bonds is 7. The highest BCUT2D eigenvalue weighted by molar-refractivity contribution is 5.76. The number of hydrogen-bond acceptors (Lipinski definition) is 5. The van der Waals surface area contributed by atoms with Crippen molar-refractivity contribution in [2.24, 2.45) is 0 Å². The lowest BCUT2D eigenvalue weighted by Gasteiger charge is -2.27. The number of hydrogen-bond donors (Lipinski definition) is 1. The van der Waals surface area contributed by atoms with Gasteiger partial charge in [0.25, 0.3) is 0 Å². The maximum atomic E-state index is 13.7. The number of alkyl halides is 3. The molecule has 2 aromatic carbocycles. The quantitative estimate of drug-likeness (QED) is 0.460. The van der Waals surface area contributed by atoms with Gasteiger partial charge in [0.15, 0.2) is 0 Å². The minimum absolute atomic E-state index is 0.0197. The van der Waals surface area contributed by atoms with Gasteiger partial charge < -0.3 is 9.47 Å². The molecule has 2 aromatic rings. The SMILES string of the molecule is COC(=O)N(CC1=CN(O)C(C)C=C1)Cc1cc(C(F)(F)F)ccc1-c1cc(C(C)C)ccc1OC. The van der Waals surface area contributed by atoms with E-state index in [1.165, 1.54) is 31.4 Å². The molecule has 3 rings (SSSR count). The lowest BCUT2D eigenvalue weighted by Crippen LogP contribution is -2.34. The number of carbonyl (C=O) groups excluding carboxylic acids is 1. The molecular weight excluding hydrogens is 473 g/mol. The Morgan fingerprint density at radius 1 is 1.11 bits per heavy atom. The topological polar surface area (TPSA) is 62.2 Å². The van der Waals surface area contributed by atoms with Crippen molar-refractivity contribution >= 4 is 6.09 Å². The molecule has 1 amide bonds. The molecule has 36 heavy (non-hydrogen) atoms. The average molecular weight is 505 g/mol. The Labute approximate surface area is 209 Å². The molecule has 0 aromatic heterocycles. The highest BCUT2D eigenvalue weighted by Gasteiger charge is 2.32. The van der Waals surface area contributed by atoms with Gasteiger partial charge in [-0.25, -0.2) is 4.79 Å². The summed E-state index contributed by atoms with van der Waals surface area (Å²) in [7, 11) is 2.71. The summed E-state index contributed by atoms with van der Waals surface area (Å²) < 4.78 is 51.4. The Kier molecular flexibility index (Phi) is 8.35. The molecule has 1 heterocycles. The number of benzene rings is 2. The van der Waals surface area contributed by atoms with Crippen molar-refractivity contribution in [2.45, 2.75) is 45.5 Å². The van der Waals surface area contributed by atoms with E-state index in [2.05, 4.69) is 0 Å². The largest absolute Gasteiger partial charge is 0.496 e. The maximum Gasteiger partial charge on any atom is 0.416 e. The molecule has 6 nitrogen and oxygen atoms in total. The van der Waals surface area contributed by atoms with Crippen LogP contribution >= 0.6 is 0 Å². The molecule has 9 heteroatoms. The third-order valence-corrected chi connectivity index (χ3v) is 6.08. The molecule has 0 saturated carbocycles. The zero-order valence-corrected chi connectivity index (χ0v) is 21.0.